The quantitative estimate of drug-likeness (QED) is 0.187. The lowest BCUT2D eigenvalue weighted by atomic mass is 9.78. The first-order valence-electron chi connectivity index (χ1n) is 15.3. The van der Waals surface area contributed by atoms with E-state index in [-0.39, 0.29) is 17.9 Å². The highest BCUT2D eigenvalue weighted by Gasteiger charge is 2.26. The zero-order valence-corrected chi connectivity index (χ0v) is 26.0. The minimum Gasteiger partial charge on any atom is -0.486 e. The van der Waals surface area contributed by atoms with Crippen molar-refractivity contribution in [3.05, 3.63) is 137 Å². The Labute approximate surface area is 259 Å². The van der Waals surface area contributed by atoms with E-state index in [1.54, 1.807) is 6.07 Å². The Morgan fingerprint density at radius 1 is 0.818 bits per heavy atom. The van der Waals surface area contributed by atoms with Gasteiger partial charge in [0.15, 0.2) is 5.76 Å². The standard InChI is InChI=1S/C37H40N4O3/c1-27-34(28(2)41(38-27)31-13-9-6-10-14-31)25-39-21-23-40(24-22-39)36(42)35-20-19-33(44-35)26-43-32-17-15-30(16-18-32)37(3,4)29-11-7-5-8-12-29/h5-20H,21-26H2,1-4H3. The number of nitrogens with zero attached hydrogens (tertiary/aromatic N) is 4. The Bertz CT molecular complexity index is 1700. The first-order valence-corrected chi connectivity index (χ1v) is 15.3. The first kappa shape index (κ1) is 29.5. The molecule has 6 rings (SSSR count). The highest BCUT2D eigenvalue weighted by atomic mass is 16.5. The highest BCUT2D eigenvalue weighted by Crippen LogP contribution is 2.32. The van der Waals surface area contributed by atoms with Gasteiger partial charge in [-0.1, -0.05) is 74.5 Å². The molecule has 0 unspecified atom stereocenters. The summed E-state index contributed by atoms with van der Waals surface area (Å²) in [5, 5.41) is 4.79. The van der Waals surface area contributed by atoms with Crippen LogP contribution in [0.5, 0.6) is 5.75 Å². The minimum atomic E-state index is -0.106. The van der Waals surface area contributed by atoms with Crippen molar-refractivity contribution < 1.29 is 13.9 Å². The Morgan fingerprint density at radius 2 is 1.45 bits per heavy atom. The molecule has 1 aliphatic heterocycles. The third kappa shape index (κ3) is 6.19. The molecular weight excluding hydrogens is 548 g/mol. The lowest BCUT2D eigenvalue weighted by molar-refractivity contribution is 0.0593. The van der Waals surface area contributed by atoms with Crippen molar-refractivity contribution >= 4 is 5.91 Å². The molecule has 1 fully saturated rings. The molecule has 1 amide bonds. The van der Waals surface area contributed by atoms with Crippen LogP contribution in [-0.2, 0) is 18.6 Å². The fourth-order valence-corrected chi connectivity index (χ4v) is 5.93. The molecule has 44 heavy (non-hydrogen) atoms. The third-order valence-corrected chi connectivity index (χ3v) is 8.81. The second-order valence-electron chi connectivity index (χ2n) is 12.0. The number of furan rings is 1. The van der Waals surface area contributed by atoms with Gasteiger partial charge < -0.3 is 14.1 Å². The van der Waals surface area contributed by atoms with E-state index in [0.29, 0.717) is 24.6 Å². The predicted octanol–water partition coefficient (Wildman–Crippen LogP) is 6.95. The zero-order chi connectivity index (χ0) is 30.7. The van der Waals surface area contributed by atoms with Gasteiger partial charge in [0.1, 0.15) is 18.1 Å². The van der Waals surface area contributed by atoms with Gasteiger partial charge in [-0.15, -0.1) is 0 Å². The van der Waals surface area contributed by atoms with E-state index in [0.717, 1.165) is 42.5 Å². The largest absolute Gasteiger partial charge is 0.486 e. The van der Waals surface area contributed by atoms with Crippen molar-refractivity contribution in [2.75, 3.05) is 26.2 Å². The number of carbonyl (C=O) groups is 1. The van der Waals surface area contributed by atoms with Gasteiger partial charge in [-0.3, -0.25) is 9.69 Å². The molecule has 2 aromatic heterocycles. The van der Waals surface area contributed by atoms with Gasteiger partial charge in [0.25, 0.3) is 5.91 Å². The van der Waals surface area contributed by atoms with Crippen molar-refractivity contribution in [1.82, 2.24) is 19.6 Å². The van der Waals surface area contributed by atoms with Crippen LogP contribution in [0, 0.1) is 13.8 Å². The first-order chi connectivity index (χ1) is 21.3. The van der Waals surface area contributed by atoms with Crippen molar-refractivity contribution in [1.29, 1.82) is 0 Å². The van der Waals surface area contributed by atoms with Gasteiger partial charge in [0.05, 0.1) is 11.4 Å². The second-order valence-corrected chi connectivity index (χ2v) is 12.0. The fourth-order valence-electron chi connectivity index (χ4n) is 5.93. The Balaban J connectivity index is 1.00. The maximum absolute atomic E-state index is 13.2. The summed E-state index contributed by atoms with van der Waals surface area (Å²) in [5.41, 5.74) is 6.90. The number of ether oxygens (including phenoxy) is 1. The average Bonchev–Trinajstić information content (AvgIpc) is 3.65. The number of carbonyl (C=O) groups excluding carboxylic acids is 1. The van der Waals surface area contributed by atoms with Gasteiger partial charge in [-0.05, 0) is 61.4 Å². The molecule has 7 nitrogen and oxygen atoms in total. The zero-order valence-electron chi connectivity index (χ0n) is 26.0. The molecule has 3 heterocycles. The summed E-state index contributed by atoms with van der Waals surface area (Å²) >= 11 is 0. The normalized spacial score (nSPS) is 14.1. The van der Waals surface area contributed by atoms with E-state index in [1.165, 1.54) is 16.7 Å². The summed E-state index contributed by atoms with van der Waals surface area (Å²) in [5.74, 6) is 1.67. The SMILES string of the molecule is Cc1nn(-c2ccccc2)c(C)c1CN1CCN(C(=O)c2ccc(COc3ccc(C(C)(C)c4ccccc4)cc3)o2)CC1. The summed E-state index contributed by atoms with van der Waals surface area (Å²) in [6.45, 7) is 12.6. The molecule has 0 aliphatic carbocycles. The number of benzene rings is 3. The van der Waals surface area contributed by atoms with E-state index >= 15 is 0 Å². The molecule has 0 N–H and O–H groups in total. The van der Waals surface area contributed by atoms with Crippen molar-refractivity contribution in [2.45, 2.75) is 46.3 Å². The summed E-state index contributed by atoms with van der Waals surface area (Å²) in [6, 6.07) is 32.5. The number of piperazine rings is 1. The van der Waals surface area contributed by atoms with Gasteiger partial charge in [-0.25, -0.2) is 4.68 Å². The molecule has 1 saturated heterocycles. The van der Waals surface area contributed by atoms with E-state index < -0.39 is 0 Å². The van der Waals surface area contributed by atoms with Crippen LogP contribution in [-0.4, -0.2) is 51.7 Å². The van der Waals surface area contributed by atoms with Crippen LogP contribution in [0.4, 0.5) is 0 Å². The molecule has 0 saturated carbocycles. The number of amides is 1. The van der Waals surface area contributed by atoms with Gasteiger partial charge in [-0.2, -0.15) is 5.10 Å². The molecule has 3 aromatic carbocycles. The topological polar surface area (TPSA) is 63.7 Å². The summed E-state index contributed by atoms with van der Waals surface area (Å²) in [4.78, 5) is 17.5. The maximum Gasteiger partial charge on any atom is 0.289 e. The summed E-state index contributed by atoms with van der Waals surface area (Å²) in [6.07, 6.45) is 0. The fraction of sp³-hybridized carbons (Fsp3) is 0.297. The number of hydrogen-bond acceptors (Lipinski definition) is 5. The lowest BCUT2D eigenvalue weighted by Gasteiger charge is -2.34. The van der Waals surface area contributed by atoms with E-state index in [1.807, 2.05) is 52.0 Å². The summed E-state index contributed by atoms with van der Waals surface area (Å²) < 4.78 is 13.9. The monoisotopic (exact) mass is 588 g/mol. The predicted molar refractivity (Wildman–Crippen MR) is 172 cm³/mol. The molecule has 5 aromatic rings. The molecular formula is C37H40N4O3. The van der Waals surface area contributed by atoms with Gasteiger partial charge in [0, 0.05) is 49.4 Å². The number of rotatable bonds is 9. The molecule has 1 aliphatic rings. The number of para-hydroxylation sites is 1. The van der Waals surface area contributed by atoms with Crippen LogP contribution < -0.4 is 4.74 Å². The van der Waals surface area contributed by atoms with Crippen LogP contribution in [0.3, 0.4) is 0 Å². The van der Waals surface area contributed by atoms with Crippen LogP contribution in [0.25, 0.3) is 5.69 Å². The number of aromatic nitrogens is 2. The van der Waals surface area contributed by atoms with Gasteiger partial charge in [0.2, 0.25) is 0 Å². The van der Waals surface area contributed by atoms with Crippen LogP contribution >= 0.6 is 0 Å². The molecule has 226 valence electrons. The van der Waals surface area contributed by atoms with E-state index in [4.69, 9.17) is 14.3 Å². The maximum atomic E-state index is 13.2. The van der Waals surface area contributed by atoms with Crippen LogP contribution in [0.1, 0.15) is 58.2 Å². The Kier molecular flexibility index (Phi) is 8.40. The average molecular weight is 589 g/mol. The van der Waals surface area contributed by atoms with E-state index in [9.17, 15) is 4.79 Å². The number of hydrogen-bond donors (Lipinski definition) is 0. The Hall–Kier alpha value is -4.62. The molecule has 7 heteroatoms. The van der Waals surface area contributed by atoms with Gasteiger partial charge >= 0.3 is 0 Å². The van der Waals surface area contributed by atoms with Crippen LogP contribution in [0.15, 0.2) is 101 Å². The molecule has 0 radical (unpaired) electrons. The Morgan fingerprint density at radius 3 is 2.14 bits per heavy atom. The molecule has 0 spiro atoms. The smallest absolute Gasteiger partial charge is 0.289 e. The number of aryl methyl sites for hydroxylation is 1. The second kappa shape index (κ2) is 12.5. The van der Waals surface area contributed by atoms with Crippen molar-refractivity contribution in [3.8, 4) is 11.4 Å². The van der Waals surface area contributed by atoms with Crippen molar-refractivity contribution in [3.63, 3.8) is 0 Å². The third-order valence-electron chi connectivity index (χ3n) is 8.81. The van der Waals surface area contributed by atoms with Crippen molar-refractivity contribution in [2.24, 2.45) is 0 Å². The highest BCUT2D eigenvalue weighted by molar-refractivity contribution is 5.91. The molecule has 0 atom stereocenters. The van der Waals surface area contributed by atoms with E-state index in [2.05, 4.69) is 81.1 Å². The summed E-state index contributed by atoms with van der Waals surface area (Å²) in [7, 11) is 0. The molecule has 0 bridgehead atoms. The minimum absolute atomic E-state index is 0.0762. The van der Waals surface area contributed by atoms with Crippen LogP contribution in [0.2, 0.25) is 0 Å². The lowest BCUT2D eigenvalue weighted by Crippen LogP contribution is -2.48.